The number of rotatable bonds is 6. The minimum absolute atomic E-state index is 0.105. The van der Waals surface area contributed by atoms with E-state index < -0.39 is 0 Å². The van der Waals surface area contributed by atoms with Crippen LogP contribution in [0.3, 0.4) is 0 Å². The third kappa shape index (κ3) is 5.52. The van der Waals surface area contributed by atoms with Gasteiger partial charge >= 0.3 is 0 Å². The third-order valence-corrected chi connectivity index (χ3v) is 2.60. The van der Waals surface area contributed by atoms with Crippen LogP contribution in [0.1, 0.15) is 39.0 Å². The van der Waals surface area contributed by atoms with Crippen LogP contribution in [0.2, 0.25) is 0 Å². The maximum absolute atomic E-state index is 5.55. The fourth-order valence-corrected chi connectivity index (χ4v) is 1.82. The van der Waals surface area contributed by atoms with Crippen LogP contribution >= 0.6 is 0 Å². The molecule has 1 rings (SSSR count). The van der Waals surface area contributed by atoms with Crippen molar-refractivity contribution in [2.75, 3.05) is 13.6 Å². The second-order valence-corrected chi connectivity index (χ2v) is 6.10. The van der Waals surface area contributed by atoms with Gasteiger partial charge in [-0.2, -0.15) is 0 Å². The van der Waals surface area contributed by atoms with Crippen LogP contribution in [0, 0.1) is 0 Å². The van der Waals surface area contributed by atoms with E-state index in [1.54, 1.807) is 6.26 Å². The summed E-state index contributed by atoms with van der Waals surface area (Å²) in [5.74, 6) is 1.03. The zero-order valence-electron chi connectivity index (χ0n) is 12.3. The predicted octanol–water partition coefficient (Wildman–Crippen LogP) is 3.18. The normalized spacial score (nSPS) is 12.1. The van der Waals surface area contributed by atoms with Crippen LogP contribution < -0.4 is 5.32 Å². The summed E-state index contributed by atoms with van der Waals surface area (Å²) in [6.07, 6.45) is 1.77. The molecule has 1 heterocycles. The molecule has 0 aliphatic rings. The molecule has 0 saturated carbocycles. The maximum Gasteiger partial charge on any atom is 0.122 e. The zero-order chi connectivity index (χ0) is 13.8. The van der Waals surface area contributed by atoms with E-state index in [2.05, 4.69) is 50.7 Å². The number of furan rings is 1. The molecule has 0 saturated heterocycles. The minimum atomic E-state index is 0.105. The van der Waals surface area contributed by atoms with Gasteiger partial charge in [-0.15, -0.1) is 0 Å². The summed E-state index contributed by atoms with van der Waals surface area (Å²) >= 11 is 0. The first-order chi connectivity index (χ1) is 8.28. The summed E-state index contributed by atoms with van der Waals surface area (Å²) in [5.41, 5.74) is 2.53. The van der Waals surface area contributed by atoms with Gasteiger partial charge in [-0.25, -0.2) is 0 Å². The van der Waals surface area contributed by atoms with Gasteiger partial charge in [-0.3, -0.25) is 4.90 Å². The molecule has 0 aromatic carbocycles. The molecule has 3 nitrogen and oxygen atoms in total. The number of nitrogens with one attached hydrogen (secondary N) is 1. The van der Waals surface area contributed by atoms with Gasteiger partial charge in [0.15, 0.2) is 0 Å². The van der Waals surface area contributed by atoms with Crippen molar-refractivity contribution >= 4 is 0 Å². The van der Waals surface area contributed by atoms with Gasteiger partial charge in [0.2, 0.25) is 0 Å². The molecule has 1 N–H and O–H groups in total. The van der Waals surface area contributed by atoms with E-state index in [0.717, 1.165) is 25.4 Å². The Kier molecular flexibility index (Phi) is 5.17. The van der Waals surface area contributed by atoms with E-state index in [4.69, 9.17) is 4.42 Å². The Labute approximate surface area is 111 Å². The van der Waals surface area contributed by atoms with Gasteiger partial charge in [0, 0.05) is 24.2 Å². The Morgan fingerprint density at radius 1 is 1.44 bits per heavy atom. The number of hydrogen-bond donors (Lipinski definition) is 1. The molecule has 0 radical (unpaired) electrons. The van der Waals surface area contributed by atoms with Crippen molar-refractivity contribution in [3.63, 3.8) is 0 Å². The summed E-state index contributed by atoms with van der Waals surface area (Å²) in [6.45, 7) is 15.0. The second-order valence-electron chi connectivity index (χ2n) is 6.10. The van der Waals surface area contributed by atoms with Crippen molar-refractivity contribution in [1.29, 1.82) is 0 Å². The summed E-state index contributed by atoms with van der Waals surface area (Å²) in [6, 6.07) is 2.05. The molecule has 1 aromatic rings. The highest BCUT2D eigenvalue weighted by molar-refractivity contribution is 5.17. The lowest BCUT2D eigenvalue weighted by Crippen LogP contribution is -2.35. The molecular weight excluding hydrogens is 224 g/mol. The van der Waals surface area contributed by atoms with Gasteiger partial charge in [0.25, 0.3) is 0 Å². The Hall–Kier alpha value is -1.06. The predicted molar refractivity (Wildman–Crippen MR) is 76.4 cm³/mol. The number of hydrogen-bond acceptors (Lipinski definition) is 3. The topological polar surface area (TPSA) is 28.4 Å². The molecule has 1 aromatic heterocycles. The third-order valence-electron chi connectivity index (χ3n) is 2.60. The SMILES string of the molecule is C=C(C)CN(C)Cc1ccoc1CNC(C)(C)C. The second kappa shape index (κ2) is 6.21. The van der Waals surface area contributed by atoms with Gasteiger partial charge in [0.05, 0.1) is 12.8 Å². The zero-order valence-corrected chi connectivity index (χ0v) is 12.3. The smallest absolute Gasteiger partial charge is 0.122 e. The largest absolute Gasteiger partial charge is 0.468 e. The maximum atomic E-state index is 5.55. The Morgan fingerprint density at radius 3 is 2.67 bits per heavy atom. The van der Waals surface area contributed by atoms with Crippen LogP contribution in [0.25, 0.3) is 0 Å². The van der Waals surface area contributed by atoms with E-state index in [-0.39, 0.29) is 5.54 Å². The molecule has 3 heteroatoms. The molecular formula is C15H26N2O. The van der Waals surface area contributed by atoms with Crippen LogP contribution in [0.15, 0.2) is 28.9 Å². The molecule has 0 unspecified atom stereocenters. The van der Waals surface area contributed by atoms with E-state index in [1.807, 2.05) is 6.92 Å². The van der Waals surface area contributed by atoms with Crippen molar-refractivity contribution in [3.05, 3.63) is 35.8 Å². The fraction of sp³-hybridized carbons (Fsp3) is 0.600. The molecule has 102 valence electrons. The lowest BCUT2D eigenvalue weighted by atomic mass is 10.1. The highest BCUT2D eigenvalue weighted by Crippen LogP contribution is 2.14. The summed E-state index contributed by atoms with van der Waals surface area (Å²) < 4.78 is 5.55. The molecule has 0 fully saturated rings. The Balaban J connectivity index is 2.57. The van der Waals surface area contributed by atoms with Crippen LogP contribution in [0.4, 0.5) is 0 Å². The highest BCUT2D eigenvalue weighted by Gasteiger charge is 2.13. The minimum Gasteiger partial charge on any atom is -0.468 e. The van der Waals surface area contributed by atoms with Crippen LogP contribution in [-0.4, -0.2) is 24.0 Å². The number of likely N-dealkylation sites (N-methyl/N-ethyl adjacent to an activating group) is 1. The number of nitrogens with zero attached hydrogens (tertiary/aromatic N) is 1. The first-order valence-corrected chi connectivity index (χ1v) is 6.41. The molecule has 0 aliphatic carbocycles. The van der Waals surface area contributed by atoms with Crippen molar-refractivity contribution in [1.82, 2.24) is 10.2 Å². The van der Waals surface area contributed by atoms with Gasteiger partial charge in [-0.1, -0.05) is 12.2 Å². The molecule has 18 heavy (non-hydrogen) atoms. The van der Waals surface area contributed by atoms with E-state index >= 15 is 0 Å². The quantitative estimate of drug-likeness (QED) is 0.786. The molecule has 0 atom stereocenters. The Bertz CT molecular complexity index is 387. The molecule has 0 bridgehead atoms. The standard InChI is InChI=1S/C15H26N2O/c1-12(2)10-17(6)11-13-7-8-18-14(13)9-16-15(3,4)5/h7-8,16H,1,9-11H2,2-6H3. The molecule has 0 aliphatic heterocycles. The van der Waals surface area contributed by atoms with Crippen LogP contribution in [-0.2, 0) is 13.1 Å². The fourth-order valence-electron chi connectivity index (χ4n) is 1.82. The summed E-state index contributed by atoms with van der Waals surface area (Å²) in [4.78, 5) is 2.24. The van der Waals surface area contributed by atoms with Gasteiger partial charge < -0.3 is 9.73 Å². The average Bonchev–Trinajstić information content (AvgIpc) is 2.59. The molecule has 0 spiro atoms. The van der Waals surface area contributed by atoms with Crippen LogP contribution in [0.5, 0.6) is 0 Å². The van der Waals surface area contributed by atoms with Crippen molar-refractivity contribution in [2.24, 2.45) is 0 Å². The van der Waals surface area contributed by atoms with Gasteiger partial charge in [0.1, 0.15) is 5.76 Å². The average molecular weight is 250 g/mol. The summed E-state index contributed by atoms with van der Waals surface area (Å²) in [7, 11) is 2.10. The molecule has 0 amide bonds. The van der Waals surface area contributed by atoms with E-state index in [1.165, 1.54) is 11.1 Å². The highest BCUT2D eigenvalue weighted by atomic mass is 16.3. The van der Waals surface area contributed by atoms with Gasteiger partial charge in [-0.05, 0) is 40.8 Å². The van der Waals surface area contributed by atoms with Crippen molar-refractivity contribution < 1.29 is 4.42 Å². The lowest BCUT2D eigenvalue weighted by molar-refractivity contribution is 0.343. The van der Waals surface area contributed by atoms with E-state index in [9.17, 15) is 0 Å². The van der Waals surface area contributed by atoms with E-state index in [0.29, 0.717) is 0 Å². The monoisotopic (exact) mass is 250 g/mol. The summed E-state index contributed by atoms with van der Waals surface area (Å²) in [5, 5.41) is 3.45. The lowest BCUT2D eigenvalue weighted by Gasteiger charge is -2.21. The Morgan fingerprint density at radius 2 is 2.11 bits per heavy atom. The first kappa shape index (κ1) is 15.0. The van der Waals surface area contributed by atoms with Crippen molar-refractivity contribution in [3.8, 4) is 0 Å². The van der Waals surface area contributed by atoms with Crippen molar-refractivity contribution in [2.45, 2.75) is 46.3 Å². The first-order valence-electron chi connectivity index (χ1n) is 6.41.